The zero-order valence-electron chi connectivity index (χ0n) is 16.5. The highest BCUT2D eigenvalue weighted by atomic mass is 19.1. The Balaban J connectivity index is 1.34. The summed E-state index contributed by atoms with van der Waals surface area (Å²) in [6, 6.07) is 5.31. The maximum Gasteiger partial charge on any atom is 0.344 e. The zero-order chi connectivity index (χ0) is 21.2. The summed E-state index contributed by atoms with van der Waals surface area (Å²) < 4.78 is 28.8. The molecule has 1 aliphatic rings. The van der Waals surface area contributed by atoms with Crippen molar-refractivity contribution in [1.82, 2.24) is 9.97 Å². The fraction of sp³-hybridized carbons (Fsp3) is 0.429. The normalized spacial score (nSPS) is 14.2. The number of nitrogens with zero attached hydrogens (tertiary/aromatic N) is 2. The van der Waals surface area contributed by atoms with Crippen LogP contribution in [0.1, 0.15) is 42.5 Å². The number of halogens is 1. The molecular weight excluding hydrogens is 393 g/mol. The molecule has 0 spiro atoms. The van der Waals surface area contributed by atoms with Gasteiger partial charge in [0.1, 0.15) is 12.4 Å². The third kappa shape index (κ3) is 7.07. The number of ether oxygens (including phenoxy) is 3. The van der Waals surface area contributed by atoms with Gasteiger partial charge >= 0.3 is 12.0 Å². The summed E-state index contributed by atoms with van der Waals surface area (Å²) in [5, 5.41) is 2.59. The van der Waals surface area contributed by atoms with E-state index < -0.39 is 17.7 Å². The second-order valence-electron chi connectivity index (χ2n) is 6.86. The van der Waals surface area contributed by atoms with Crippen LogP contribution in [0.4, 0.5) is 10.1 Å². The molecule has 2 aromatic rings. The quantitative estimate of drug-likeness (QED) is 0.494. The molecule has 1 amide bonds. The maximum absolute atomic E-state index is 12.9. The molecule has 9 heteroatoms. The number of nitrogens with one attached hydrogen (secondary N) is 1. The van der Waals surface area contributed by atoms with Crippen LogP contribution in [-0.4, -0.2) is 47.8 Å². The molecule has 1 aliphatic carbocycles. The first-order valence-corrected chi connectivity index (χ1v) is 9.89. The van der Waals surface area contributed by atoms with Gasteiger partial charge in [-0.2, -0.15) is 0 Å². The minimum atomic E-state index is -0.552. The lowest BCUT2D eigenvalue weighted by Gasteiger charge is -2.21. The van der Waals surface area contributed by atoms with Crippen LogP contribution >= 0.6 is 0 Å². The smallest absolute Gasteiger partial charge is 0.344 e. The number of rotatable bonds is 9. The molecule has 1 heterocycles. The highest BCUT2D eigenvalue weighted by Crippen LogP contribution is 2.20. The van der Waals surface area contributed by atoms with Gasteiger partial charge in [0, 0.05) is 18.1 Å². The molecule has 3 rings (SSSR count). The summed E-state index contributed by atoms with van der Waals surface area (Å²) in [7, 11) is 0. The zero-order valence-corrected chi connectivity index (χ0v) is 16.5. The molecule has 0 bridgehead atoms. The van der Waals surface area contributed by atoms with Gasteiger partial charge in [0.2, 0.25) is 0 Å². The Labute approximate surface area is 173 Å². The standard InChI is InChI=1S/C21H24FN3O5/c22-16-6-8-17(9-7-16)25-20(27)15-12-23-21(24-13-15)30-14-19(26)29-11-10-28-18-4-2-1-3-5-18/h6-9,12-13,18H,1-5,10-11,14H2,(H,25,27). The molecule has 1 saturated carbocycles. The lowest BCUT2D eigenvalue weighted by Crippen LogP contribution is -2.22. The van der Waals surface area contributed by atoms with Crippen molar-refractivity contribution < 1.29 is 28.2 Å². The van der Waals surface area contributed by atoms with E-state index in [9.17, 15) is 14.0 Å². The lowest BCUT2D eigenvalue weighted by molar-refractivity contribution is -0.148. The molecule has 8 nitrogen and oxygen atoms in total. The van der Waals surface area contributed by atoms with E-state index in [4.69, 9.17) is 14.2 Å². The average molecular weight is 417 g/mol. The van der Waals surface area contributed by atoms with Gasteiger partial charge in [-0.15, -0.1) is 0 Å². The largest absolute Gasteiger partial charge is 0.461 e. The SMILES string of the molecule is O=C(COc1ncc(C(=O)Nc2ccc(F)cc2)cn1)OCCOC1CCCCC1. The molecule has 0 radical (unpaired) electrons. The number of aromatic nitrogens is 2. The third-order valence-corrected chi connectivity index (χ3v) is 4.56. The number of hydrogen-bond donors (Lipinski definition) is 1. The minimum Gasteiger partial charge on any atom is -0.461 e. The van der Waals surface area contributed by atoms with Crippen LogP contribution < -0.4 is 10.1 Å². The molecule has 0 unspecified atom stereocenters. The summed E-state index contributed by atoms with van der Waals surface area (Å²) in [6.45, 7) is 0.192. The van der Waals surface area contributed by atoms with E-state index in [1.54, 1.807) is 0 Å². The molecule has 0 aliphatic heterocycles. The summed E-state index contributed by atoms with van der Waals surface area (Å²) in [6.07, 6.45) is 8.55. The van der Waals surface area contributed by atoms with Crippen molar-refractivity contribution in [2.24, 2.45) is 0 Å². The Morgan fingerprint density at radius 1 is 1.03 bits per heavy atom. The average Bonchev–Trinajstić information content (AvgIpc) is 2.78. The van der Waals surface area contributed by atoms with Gasteiger partial charge in [-0.3, -0.25) is 4.79 Å². The summed E-state index contributed by atoms with van der Waals surface area (Å²) in [4.78, 5) is 31.6. The number of esters is 1. The predicted octanol–water partition coefficient (Wildman–Crippen LogP) is 3.14. The topological polar surface area (TPSA) is 99.6 Å². The first-order valence-electron chi connectivity index (χ1n) is 9.89. The molecular formula is C21H24FN3O5. The number of amides is 1. The fourth-order valence-electron chi connectivity index (χ4n) is 3.01. The molecule has 30 heavy (non-hydrogen) atoms. The van der Waals surface area contributed by atoms with Crippen molar-refractivity contribution >= 4 is 17.6 Å². The molecule has 1 fully saturated rings. The fourth-order valence-corrected chi connectivity index (χ4v) is 3.01. The predicted molar refractivity (Wildman–Crippen MR) is 106 cm³/mol. The van der Waals surface area contributed by atoms with Crippen molar-refractivity contribution in [3.8, 4) is 6.01 Å². The van der Waals surface area contributed by atoms with E-state index in [2.05, 4.69) is 15.3 Å². The van der Waals surface area contributed by atoms with Crippen LogP contribution in [0, 0.1) is 5.82 Å². The summed E-state index contributed by atoms with van der Waals surface area (Å²) in [5.41, 5.74) is 0.631. The second kappa shape index (κ2) is 11.2. The molecule has 160 valence electrons. The Bertz CT molecular complexity index is 824. The summed E-state index contributed by atoms with van der Waals surface area (Å²) in [5.74, 6) is -1.40. The number of hydrogen-bond acceptors (Lipinski definition) is 7. The highest BCUT2D eigenvalue weighted by Gasteiger charge is 2.14. The van der Waals surface area contributed by atoms with Crippen LogP contribution in [0.2, 0.25) is 0 Å². The van der Waals surface area contributed by atoms with E-state index in [0.717, 1.165) is 12.8 Å². The van der Waals surface area contributed by atoms with Gasteiger partial charge < -0.3 is 19.5 Å². The van der Waals surface area contributed by atoms with Crippen LogP contribution in [0.15, 0.2) is 36.7 Å². The van der Waals surface area contributed by atoms with E-state index in [1.165, 1.54) is 55.9 Å². The van der Waals surface area contributed by atoms with E-state index in [1.807, 2.05) is 0 Å². The van der Waals surface area contributed by atoms with Crippen molar-refractivity contribution in [3.05, 3.63) is 48.0 Å². The van der Waals surface area contributed by atoms with E-state index in [-0.39, 0.29) is 30.9 Å². The van der Waals surface area contributed by atoms with Gasteiger partial charge in [-0.25, -0.2) is 19.2 Å². The Morgan fingerprint density at radius 2 is 1.73 bits per heavy atom. The van der Waals surface area contributed by atoms with Crippen molar-refractivity contribution in [1.29, 1.82) is 0 Å². The van der Waals surface area contributed by atoms with Crippen molar-refractivity contribution in [2.45, 2.75) is 38.2 Å². The van der Waals surface area contributed by atoms with Gasteiger partial charge in [0.15, 0.2) is 6.61 Å². The first kappa shape index (κ1) is 21.6. The third-order valence-electron chi connectivity index (χ3n) is 4.56. The molecule has 0 atom stereocenters. The van der Waals surface area contributed by atoms with Gasteiger partial charge in [0.05, 0.1) is 18.3 Å². The summed E-state index contributed by atoms with van der Waals surface area (Å²) >= 11 is 0. The van der Waals surface area contributed by atoms with Crippen molar-refractivity contribution in [2.75, 3.05) is 25.1 Å². The van der Waals surface area contributed by atoms with Crippen LogP contribution in [0.5, 0.6) is 6.01 Å². The Morgan fingerprint density at radius 3 is 2.43 bits per heavy atom. The molecule has 0 saturated heterocycles. The monoisotopic (exact) mass is 417 g/mol. The van der Waals surface area contributed by atoms with Gasteiger partial charge in [-0.1, -0.05) is 19.3 Å². The van der Waals surface area contributed by atoms with Crippen LogP contribution in [0.3, 0.4) is 0 Å². The number of benzene rings is 1. The van der Waals surface area contributed by atoms with Crippen molar-refractivity contribution in [3.63, 3.8) is 0 Å². The highest BCUT2D eigenvalue weighted by molar-refractivity contribution is 6.03. The molecule has 1 N–H and O–H groups in total. The van der Waals surface area contributed by atoms with Gasteiger partial charge in [-0.05, 0) is 37.1 Å². The molecule has 1 aromatic heterocycles. The van der Waals surface area contributed by atoms with Crippen LogP contribution in [-0.2, 0) is 14.3 Å². The number of anilines is 1. The maximum atomic E-state index is 12.9. The van der Waals surface area contributed by atoms with Crippen LogP contribution in [0.25, 0.3) is 0 Å². The Kier molecular flexibility index (Phi) is 8.08. The minimum absolute atomic E-state index is 0.0521. The van der Waals surface area contributed by atoms with E-state index in [0.29, 0.717) is 12.3 Å². The first-order chi connectivity index (χ1) is 14.6. The van der Waals surface area contributed by atoms with Gasteiger partial charge in [0.25, 0.3) is 5.91 Å². The van der Waals surface area contributed by atoms with E-state index >= 15 is 0 Å². The number of carbonyl (C=O) groups excluding carboxylic acids is 2. The number of carbonyl (C=O) groups is 2. The molecule has 1 aromatic carbocycles. The Hall–Kier alpha value is -3.07. The second-order valence-corrected chi connectivity index (χ2v) is 6.86. The lowest BCUT2D eigenvalue weighted by atomic mass is 9.98.